The lowest BCUT2D eigenvalue weighted by atomic mass is 10.1. The Morgan fingerprint density at radius 1 is 1.50 bits per heavy atom. The summed E-state index contributed by atoms with van der Waals surface area (Å²) in [5.74, 6) is 1.52. The second-order valence-corrected chi connectivity index (χ2v) is 4.38. The first kappa shape index (κ1) is 9.93. The molecule has 0 saturated carbocycles. The molecule has 1 atom stereocenters. The van der Waals surface area contributed by atoms with E-state index in [1.165, 1.54) is 0 Å². The van der Waals surface area contributed by atoms with Gasteiger partial charge in [0, 0.05) is 12.6 Å². The van der Waals surface area contributed by atoms with E-state index >= 15 is 0 Å². The van der Waals surface area contributed by atoms with E-state index in [0.29, 0.717) is 11.0 Å². The Bertz CT molecular complexity index is 517. The highest BCUT2D eigenvalue weighted by molar-refractivity contribution is 6.28. The van der Waals surface area contributed by atoms with E-state index in [0.717, 1.165) is 30.9 Å². The average Bonchev–Trinajstić information content (AvgIpc) is 2.84. The molecule has 0 amide bonds. The van der Waals surface area contributed by atoms with Gasteiger partial charge in [0.05, 0.1) is 11.9 Å². The van der Waals surface area contributed by atoms with Crippen LogP contribution in [0.4, 0.5) is 0 Å². The van der Waals surface area contributed by atoms with Gasteiger partial charge in [-0.1, -0.05) is 0 Å². The van der Waals surface area contributed by atoms with Crippen LogP contribution < -0.4 is 5.73 Å². The highest BCUT2D eigenvalue weighted by Gasteiger charge is 2.22. The van der Waals surface area contributed by atoms with Crippen LogP contribution in [0.25, 0.3) is 11.6 Å². The van der Waals surface area contributed by atoms with E-state index in [2.05, 4.69) is 9.55 Å². The number of imidazole rings is 1. The molecule has 2 N–H and O–H groups in total. The number of hydrogen-bond acceptors (Lipinski definition) is 3. The molecule has 1 unspecified atom stereocenters. The van der Waals surface area contributed by atoms with Crippen molar-refractivity contribution in [1.82, 2.24) is 9.55 Å². The second kappa shape index (κ2) is 3.64. The third kappa shape index (κ3) is 1.45. The van der Waals surface area contributed by atoms with Crippen LogP contribution in [0.5, 0.6) is 0 Å². The molecule has 0 fully saturated rings. The predicted molar refractivity (Wildman–Crippen MR) is 61.1 cm³/mol. The number of rotatable bonds is 1. The Balaban J connectivity index is 2.09. The largest absolute Gasteiger partial charge is 0.441 e. The summed E-state index contributed by atoms with van der Waals surface area (Å²) in [6.45, 7) is 0.941. The molecule has 4 nitrogen and oxygen atoms in total. The van der Waals surface area contributed by atoms with Crippen LogP contribution in [0.3, 0.4) is 0 Å². The van der Waals surface area contributed by atoms with E-state index in [9.17, 15) is 0 Å². The molecule has 84 valence electrons. The van der Waals surface area contributed by atoms with E-state index in [1.807, 2.05) is 12.3 Å². The van der Waals surface area contributed by atoms with Crippen LogP contribution in [0.15, 0.2) is 22.7 Å². The normalized spacial score (nSPS) is 19.8. The quantitative estimate of drug-likeness (QED) is 0.830. The van der Waals surface area contributed by atoms with E-state index in [-0.39, 0.29) is 6.04 Å². The van der Waals surface area contributed by atoms with Crippen LogP contribution in [0.1, 0.15) is 24.6 Å². The lowest BCUT2D eigenvalue weighted by molar-refractivity contribution is 0.461. The molecule has 5 heteroatoms. The topological polar surface area (TPSA) is 57.0 Å². The van der Waals surface area contributed by atoms with Crippen molar-refractivity contribution < 1.29 is 4.42 Å². The van der Waals surface area contributed by atoms with Gasteiger partial charge in [-0.3, -0.25) is 0 Å². The summed E-state index contributed by atoms with van der Waals surface area (Å²) in [7, 11) is 0. The lowest BCUT2D eigenvalue weighted by Crippen LogP contribution is -2.21. The molecular formula is C11H12ClN3O. The first-order valence-corrected chi connectivity index (χ1v) is 5.70. The van der Waals surface area contributed by atoms with Gasteiger partial charge in [-0.05, 0) is 36.6 Å². The van der Waals surface area contributed by atoms with Crippen molar-refractivity contribution >= 4 is 11.6 Å². The van der Waals surface area contributed by atoms with Gasteiger partial charge in [0.2, 0.25) is 0 Å². The zero-order valence-corrected chi connectivity index (χ0v) is 9.44. The van der Waals surface area contributed by atoms with Gasteiger partial charge in [-0.15, -0.1) is 0 Å². The number of nitrogens with two attached hydrogens (primary N) is 1. The van der Waals surface area contributed by atoms with Crippen molar-refractivity contribution in [2.24, 2.45) is 5.73 Å². The fourth-order valence-corrected chi connectivity index (χ4v) is 2.31. The summed E-state index contributed by atoms with van der Waals surface area (Å²) in [5.41, 5.74) is 7.10. The van der Waals surface area contributed by atoms with Crippen LogP contribution >= 0.6 is 11.6 Å². The van der Waals surface area contributed by atoms with Gasteiger partial charge in [0.25, 0.3) is 0 Å². The van der Waals surface area contributed by atoms with Crippen molar-refractivity contribution in [3.8, 4) is 11.6 Å². The van der Waals surface area contributed by atoms with Crippen molar-refractivity contribution in [2.45, 2.75) is 25.4 Å². The maximum atomic E-state index is 6.03. The summed E-state index contributed by atoms with van der Waals surface area (Å²) in [4.78, 5) is 4.36. The molecule has 3 rings (SSSR count). The van der Waals surface area contributed by atoms with Crippen LogP contribution in [-0.2, 0) is 6.54 Å². The molecule has 0 saturated heterocycles. The SMILES string of the molecule is NC1CCCn2c1cnc2-c1ccc(Cl)o1. The highest BCUT2D eigenvalue weighted by Crippen LogP contribution is 2.30. The third-order valence-electron chi connectivity index (χ3n) is 2.96. The zero-order chi connectivity index (χ0) is 11.1. The minimum atomic E-state index is 0.0837. The molecule has 0 spiro atoms. The number of fused-ring (bicyclic) bond motifs is 1. The summed E-state index contributed by atoms with van der Waals surface area (Å²) in [5, 5.41) is 0.382. The van der Waals surface area contributed by atoms with Gasteiger partial charge in [0.15, 0.2) is 16.8 Å². The van der Waals surface area contributed by atoms with E-state index in [4.69, 9.17) is 21.8 Å². The number of hydrogen-bond donors (Lipinski definition) is 1. The fraction of sp³-hybridized carbons (Fsp3) is 0.364. The minimum absolute atomic E-state index is 0.0837. The zero-order valence-electron chi connectivity index (χ0n) is 8.69. The molecule has 2 aromatic rings. The molecule has 0 bridgehead atoms. The van der Waals surface area contributed by atoms with Crippen LogP contribution in [-0.4, -0.2) is 9.55 Å². The monoisotopic (exact) mass is 237 g/mol. The smallest absolute Gasteiger partial charge is 0.194 e. The molecule has 3 heterocycles. The maximum absolute atomic E-state index is 6.03. The number of aromatic nitrogens is 2. The van der Waals surface area contributed by atoms with Crippen molar-refractivity contribution in [2.75, 3.05) is 0 Å². The highest BCUT2D eigenvalue weighted by atomic mass is 35.5. The maximum Gasteiger partial charge on any atom is 0.194 e. The summed E-state index contributed by atoms with van der Waals surface area (Å²) >= 11 is 5.76. The predicted octanol–water partition coefficient (Wildman–Crippen LogP) is 2.59. The molecular weight excluding hydrogens is 226 g/mol. The molecule has 16 heavy (non-hydrogen) atoms. The molecule has 0 radical (unpaired) electrons. The molecule has 1 aliphatic heterocycles. The molecule has 1 aliphatic rings. The molecule has 0 aromatic carbocycles. The van der Waals surface area contributed by atoms with Crippen molar-refractivity contribution in [3.63, 3.8) is 0 Å². The number of nitrogens with zero attached hydrogens (tertiary/aromatic N) is 2. The number of halogens is 1. The van der Waals surface area contributed by atoms with E-state index in [1.54, 1.807) is 6.07 Å². The summed E-state index contributed by atoms with van der Waals surface area (Å²) in [6.07, 6.45) is 3.92. The Kier molecular flexibility index (Phi) is 2.26. The Morgan fingerprint density at radius 2 is 2.38 bits per heavy atom. The Hall–Kier alpha value is -1.26. The first-order chi connectivity index (χ1) is 7.75. The first-order valence-electron chi connectivity index (χ1n) is 5.32. The van der Waals surface area contributed by atoms with Gasteiger partial charge in [-0.25, -0.2) is 4.98 Å². The van der Waals surface area contributed by atoms with Crippen LogP contribution in [0.2, 0.25) is 5.22 Å². The average molecular weight is 238 g/mol. The second-order valence-electron chi connectivity index (χ2n) is 4.01. The summed E-state index contributed by atoms with van der Waals surface area (Å²) in [6, 6.07) is 3.64. The number of furan rings is 1. The Morgan fingerprint density at radius 3 is 3.12 bits per heavy atom. The fourth-order valence-electron chi connectivity index (χ4n) is 2.17. The van der Waals surface area contributed by atoms with E-state index < -0.39 is 0 Å². The minimum Gasteiger partial charge on any atom is -0.441 e. The summed E-state index contributed by atoms with van der Waals surface area (Å²) < 4.78 is 7.48. The standard InChI is InChI=1S/C11H12ClN3O/c12-10-4-3-9(16-10)11-14-6-8-7(13)2-1-5-15(8)11/h3-4,6-7H,1-2,5,13H2. The molecule has 0 aliphatic carbocycles. The van der Waals surface area contributed by atoms with Gasteiger partial charge in [0.1, 0.15) is 0 Å². The molecule has 2 aromatic heterocycles. The van der Waals surface area contributed by atoms with Gasteiger partial charge in [-0.2, -0.15) is 0 Å². The van der Waals surface area contributed by atoms with Gasteiger partial charge >= 0.3 is 0 Å². The van der Waals surface area contributed by atoms with Gasteiger partial charge < -0.3 is 14.7 Å². The Labute approximate surface area is 98.0 Å². The lowest BCUT2D eigenvalue weighted by Gasteiger charge is -2.21. The third-order valence-corrected chi connectivity index (χ3v) is 3.16. The van der Waals surface area contributed by atoms with Crippen molar-refractivity contribution in [1.29, 1.82) is 0 Å². The van der Waals surface area contributed by atoms with Crippen LogP contribution in [0, 0.1) is 0 Å². The van der Waals surface area contributed by atoms with Crippen molar-refractivity contribution in [3.05, 3.63) is 29.2 Å².